The van der Waals surface area contributed by atoms with E-state index in [1.165, 1.54) is 22.8 Å². The molecule has 0 spiro atoms. The van der Waals surface area contributed by atoms with Crippen LogP contribution in [0.3, 0.4) is 0 Å². The van der Waals surface area contributed by atoms with E-state index in [0.29, 0.717) is 12.8 Å². The first-order valence-corrected chi connectivity index (χ1v) is 15.2. The van der Waals surface area contributed by atoms with Gasteiger partial charge >= 0.3 is 0 Å². The predicted molar refractivity (Wildman–Crippen MR) is 174 cm³/mol. The summed E-state index contributed by atoms with van der Waals surface area (Å²) >= 11 is 0. The highest BCUT2D eigenvalue weighted by atomic mass is 16.6. The third kappa shape index (κ3) is 10.5. The van der Waals surface area contributed by atoms with E-state index >= 15 is 0 Å². The van der Waals surface area contributed by atoms with Crippen molar-refractivity contribution < 1.29 is 19.2 Å². The number of hydrogen-bond acceptors (Lipinski definition) is 5. The van der Waals surface area contributed by atoms with Crippen LogP contribution in [0, 0.1) is 18.3 Å². The van der Waals surface area contributed by atoms with Crippen molar-refractivity contribution in [2.75, 3.05) is 6.61 Å². The molecule has 3 atom stereocenters. The van der Waals surface area contributed by atoms with E-state index in [9.17, 15) is 14.4 Å². The number of aromatic nitrogens is 1. The minimum Gasteiger partial charge on any atom is -0.348 e. The van der Waals surface area contributed by atoms with Gasteiger partial charge in [-0.05, 0) is 72.4 Å². The van der Waals surface area contributed by atoms with Gasteiger partial charge in [-0.3, -0.25) is 24.2 Å². The van der Waals surface area contributed by atoms with E-state index in [1.54, 1.807) is 12.4 Å². The van der Waals surface area contributed by atoms with Gasteiger partial charge in [0.05, 0.1) is 12.6 Å². The van der Waals surface area contributed by atoms with Crippen molar-refractivity contribution in [3.8, 4) is 11.1 Å². The molecule has 8 nitrogen and oxygen atoms in total. The topological polar surface area (TPSA) is 109 Å². The van der Waals surface area contributed by atoms with E-state index in [0.717, 1.165) is 17.5 Å². The average molecular weight is 599 g/mol. The lowest BCUT2D eigenvalue weighted by Gasteiger charge is -2.32. The maximum absolute atomic E-state index is 13.7. The second-order valence-corrected chi connectivity index (χ2v) is 12.3. The minimum absolute atomic E-state index is 0.0699. The van der Waals surface area contributed by atoms with Crippen molar-refractivity contribution in [3.05, 3.63) is 102 Å². The van der Waals surface area contributed by atoms with E-state index in [4.69, 9.17) is 4.84 Å². The Labute approximate surface area is 261 Å². The molecule has 0 aliphatic carbocycles. The van der Waals surface area contributed by atoms with Crippen LogP contribution in [-0.2, 0) is 25.6 Å². The Morgan fingerprint density at radius 3 is 2.39 bits per heavy atom. The van der Waals surface area contributed by atoms with Crippen LogP contribution in [0.5, 0.6) is 0 Å². The Hall–Kier alpha value is -4.30. The maximum atomic E-state index is 13.7. The maximum Gasteiger partial charge on any atom is 0.244 e. The fraction of sp³-hybridized carbons (Fsp3) is 0.389. The molecule has 2 aromatic carbocycles. The van der Waals surface area contributed by atoms with Crippen molar-refractivity contribution in [2.45, 2.75) is 72.4 Å². The van der Waals surface area contributed by atoms with Gasteiger partial charge in [-0.25, -0.2) is 5.48 Å². The fourth-order valence-corrected chi connectivity index (χ4v) is 5.10. The van der Waals surface area contributed by atoms with E-state index in [2.05, 4.69) is 64.9 Å². The van der Waals surface area contributed by atoms with Crippen LogP contribution < -0.4 is 16.1 Å². The molecule has 234 valence electrons. The molecule has 3 amide bonds. The molecule has 44 heavy (non-hydrogen) atoms. The first-order valence-electron chi connectivity index (χ1n) is 15.2. The zero-order valence-electron chi connectivity index (χ0n) is 26.6. The number of benzene rings is 2. The summed E-state index contributed by atoms with van der Waals surface area (Å²) in [6, 6.07) is 19.3. The summed E-state index contributed by atoms with van der Waals surface area (Å²) in [6.07, 6.45) is 6.73. The van der Waals surface area contributed by atoms with Crippen molar-refractivity contribution in [1.29, 1.82) is 0 Å². The van der Waals surface area contributed by atoms with Crippen molar-refractivity contribution in [3.63, 3.8) is 0 Å². The minimum atomic E-state index is -0.815. The van der Waals surface area contributed by atoms with Gasteiger partial charge in [-0.1, -0.05) is 81.4 Å². The monoisotopic (exact) mass is 598 g/mol. The number of pyridine rings is 1. The second-order valence-electron chi connectivity index (χ2n) is 12.3. The van der Waals surface area contributed by atoms with Gasteiger partial charge in [0, 0.05) is 24.7 Å². The molecular weight excluding hydrogens is 552 g/mol. The van der Waals surface area contributed by atoms with Crippen LogP contribution in [0.2, 0.25) is 0 Å². The Balaban J connectivity index is 1.70. The molecule has 0 fully saturated rings. The standard InChI is InChI=1S/C36H46N4O4/c1-7-21-44-40-32(41)23-29(16-11-13-27-18-19-31(25(2)22-27)28-14-9-8-10-15-28)34(42)39-33(36(4,5)6)35(43)38-26(3)30-17-12-20-37-24-30/h7-10,12,14-15,17-20,22,24,26,29,33H,1,11,13,16,21,23H2,2-6H3,(H,38,43)(H,39,42)(H,40,41)/t26-,29-,33-/m1/s1. The van der Waals surface area contributed by atoms with Gasteiger partial charge in [0.2, 0.25) is 17.7 Å². The predicted octanol–water partition coefficient (Wildman–Crippen LogP) is 6.03. The van der Waals surface area contributed by atoms with Crippen LogP contribution in [-0.4, -0.2) is 35.4 Å². The molecule has 0 saturated heterocycles. The number of rotatable bonds is 15. The molecule has 3 N–H and O–H groups in total. The Morgan fingerprint density at radius 2 is 1.75 bits per heavy atom. The summed E-state index contributed by atoms with van der Waals surface area (Å²) in [4.78, 5) is 49.0. The number of hydrogen-bond donors (Lipinski definition) is 3. The quantitative estimate of drug-likeness (QED) is 0.112. The van der Waals surface area contributed by atoms with Crippen LogP contribution in [0.25, 0.3) is 11.1 Å². The average Bonchev–Trinajstić information content (AvgIpc) is 2.99. The molecule has 3 rings (SSSR count). The number of nitrogens with one attached hydrogen (secondary N) is 3. The SMILES string of the molecule is C=CCONC(=O)C[C@@H](CCCc1ccc(-c2ccccc2)c(C)c1)C(=O)N[C@H](C(=O)N[C@H](C)c1cccnc1)C(C)(C)C. The third-order valence-corrected chi connectivity index (χ3v) is 7.54. The van der Waals surface area contributed by atoms with Gasteiger partial charge < -0.3 is 10.6 Å². The highest BCUT2D eigenvalue weighted by Gasteiger charge is 2.35. The summed E-state index contributed by atoms with van der Waals surface area (Å²) in [5.74, 6) is -1.70. The van der Waals surface area contributed by atoms with Gasteiger partial charge in [0.25, 0.3) is 0 Å². The second kappa shape index (κ2) is 16.5. The lowest BCUT2D eigenvalue weighted by molar-refractivity contribution is -0.139. The van der Waals surface area contributed by atoms with E-state index in [1.807, 2.05) is 58.0 Å². The Morgan fingerprint density at radius 1 is 1.00 bits per heavy atom. The highest BCUT2D eigenvalue weighted by Crippen LogP contribution is 2.26. The Bertz CT molecular complexity index is 1390. The van der Waals surface area contributed by atoms with Gasteiger partial charge in [-0.2, -0.15) is 0 Å². The summed E-state index contributed by atoms with van der Waals surface area (Å²) in [5.41, 5.74) is 7.37. The fourth-order valence-electron chi connectivity index (χ4n) is 5.10. The lowest BCUT2D eigenvalue weighted by Crippen LogP contribution is -2.55. The molecular formula is C36H46N4O4. The molecule has 0 aliphatic heterocycles. The summed E-state index contributed by atoms with van der Waals surface area (Å²) in [6.45, 7) is 13.4. The molecule has 1 heterocycles. The van der Waals surface area contributed by atoms with Crippen molar-refractivity contribution >= 4 is 17.7 Å². The molecule has 0 aliphatic rings. The number of carbonyl (C=O) groups excluding carboxylic acids is 3. The number of amides is 3. The van der Waals surface area contributed by atoms with E-state index < -0.39 is 23.3 Å². The number of aryl methyl sites for hydroxylation is 2. The van der Waals surface area contributed by atoms with Crippen LogP contribution in [0.1, 0.15) is 69.7 Å². The van der Waals surface area contributed by atoms with Crippen LogP contribution in [0.4, 0.5) is 0 Å². The van der Waals surface area contributed by atoms with Gasteiger partial charge in [0.1, 0.15) is 6.04 Å². The van der Waals surface area contributed by atoms with Crippen molar-refractivity contribution in [2.24, 2.45) is 11.3 Å². The molecule has 0 saturated carbocycles. The lowest BCUT2D eigenvalue weighted by atomic mass is 9.85. The number of carbonyl (C=O) groups is 3. The molecule has 0 radical (unpaired) electrons. The highest BCUT2D eigenvalue weighted by molar-refractivity contribution is 5.91. The molecule has 0 unspecified atom stereocenters. The molecule has 1 aromatic heterocycles. The van der Waals surface area contributed by atoms with Crippen LogP contribution >= 0.6 is 0 Å². The molecule has 3 aromatic rings. The third-order valence-electron chi connectivity index (χ3n) is 7.54. The summed E-state index contributed by atoms with van der Waals surface area (Å²) < 4.78 is 0. The largest absolute Gasteiger partial charge is 0.348 e. The summed E-state index contributed by atoms with van der Waals surface area (Å²) in [5, 5.41) is 5.97. The zero-order chi connectivity index (χ0) is 32.1. The van der Waals surface area contributed by atoms with Crippen LogP contribution in [0.15, 0.2) is 85.7 Å². The normalized spacial score (nSPS) is 13.3. The molecule has 0 bridgehead atoms. The first-order chi connectivity index (χ1) is 21.0. The zero-order valence-corrected chi connectivity index (χ0v) is 26.6. The first kappa shape index (κ1) is 34.2. The Kier molecular flexibility index (Phi) is 12.8. The van der Waals surface area contributed by atoms with Gasteiger partial charge in [-0.15, -0.1) is 6.58 Å². The molecule has 8 heteroatoms. The van der Waals surface area contributed by atoms with E-state index in [-0.39, 0.29) is 30.9 Å². The number of nitrogens with zero attached hydrogens (tertiary/aromatic N) is 1. The smallest absolute Gasteiger partial charge is 0.244 e. The summed E-state index contributed by atoms with van der Waals surface area (Å²) in [7, 11) is 0. The van der Waals surface area contributed by atoms with Crippen molar-refractivity contribution in [1.82, 2.24) is 21.1 Å². The number of hydroxylamine groups is 1. The van der Waals surface area contributed by atoms with Gasteiger partial charge in [0.15, 0.2) is 0 Å².